The van der Waals surface area contributed by atoms with Crippen molar-refractivity contribution in [1.29, 1.82) is 0 Å². The molecular weight excluding hydrogens is 420 g/mol. The monoisotopic (exact) mass is 442 g/mol. The Morgan fingerprint density at radius 2 is 1.48 bits per heavy atom. The fourth-order valence-electron chi connectivity index (χ4n) is 3.99. The Balaban J connectivity index is 1.19. The lowest BCUT2D eigenvalue weighted by Crippen LogP contribution is -2.73. The molecule has 3 N–H and O–H groups in total. The molecule has 2 aromatic rings. The summed E-state index contributed by atoms with van der Waals surface area (Å²) in [7, 11) is 0. The highest BCUT2D eigenvalue weighted by Gasteiger charge is 2.54. The van der Waals surface area contributed by atoms with Gasteiger partial charge in [0.2, 0.25) is 5.91 Å². The van der Waals surface area contributed by atoms with Crippen molar-refractivity contribution in [2.24, 2.45) is 5.41 Å². The summed E-state index contributed by atoms with van der Waals surface area (Å²) in [4.78, 5) is 38.5. The number of anilines is 1. The molecule has 9 heteroatoms. The third-order valence-electron chi connectivity index (χ3n) is 5.66. The number of carbonyl (C=O) groups is 3. The zero-order valence-electron chi connectivity index (χ0n) is 16.8. The highest BCUT2D eigenvalue weighted by atomic mass is 35.5. The maximum Gasteiger partial charge on any atom is 0.407 e. The Bertz CT molecular complexity index is 980. The molecule has 2 saturated heterocycles. The minimum atomic E-state index is -0.900. The van der Waals surface area contributed by atoms with Crippen molar-refractivity contribution in [1.82, 2.24) is 15.1 Å². The van der Waals surface area contributed by atoms with E-state index in [0.717, 1.165) is 11.1 Å². The summed E-state index contributed by atoms with van der Waals surface area (Å²) in [6.45, 7) is 2.63. The van der Waals surface area contributed by atoms with E-state index in [1.165, 1.54) is 4.90 Å². The van der Waals surface area contributed by atoms with Crippen molar-refractivity contribution in [2.75, 3.05) is 31.5 Å². The molecule has 31 heavy (non-hydrogen) atoms. The van der Waals surface area contributed by atoms with Crippen molar-refractivity contribution in [3.05, 3.63) is 64.7 Å². The zero-order valence-corrected chi connectivity index (χ0v) is 17.6. The van der Waals surface area contributed by atoms with Crippen LogP contribution in [0.1, 0.15) is 11.1 Å². The number of carboxylic acid groups (broad SMARTS) is 1. The van der Waals surface area contributed by atoms with E-state index < -0.39 is 6.09 Å². The van der Waals surface area contributed by atoms with Gasteiger partial charge >= 0.3 is 12.1 Å². The minimum Gasteiger partial charge on any atom is -0.465 e. The van der Waals surface area contributed by atoms with Gasteiger partial charge in [-0.2, -0.15) is 0 Å². The topological polar surface area (TPSA) is 102 Å². The lowest BCUT2D eigenvalue weighted by molar-refractivity contribution is -0.154. The molecule has 4 rings (SSSR count). The van der Waals surface area contributed by atoms with E-state index in [0.29, 0.717) is 43.4 Å². The number of hydrogen-bond acceptors (Lipinski definition) is 3. The van der Waals surface area contributed by atoms with Gasteiger partial charge in [-0.05, 0) is 35.4 Å². The molecule has 1 spiro atoms. The maximum absolute atomic E-state index is 12.4. The fraction of sp³-hybridized carbons (Fsp3) is 0.318. The summed E-state index contributed by atoms with van der Waals surface area (Å²) < 4.78 is 0. The van der Waals surface area contributed by atoms with Crippen LogP contribution in [0.4, 0.5) is 15.3 Å². The summed E-state index contributed by atoms with van der Waals surface area (Å²) in [5.41, 5.74) is 2.40. The second-order valence-electron chi connectivity index (χ2n) is 8.20. The molecule has 2 aliphatic heterocycles. The van der Waals surface area contributed by atoms with Gasteiger partial charge in [-0.1, -0.05) is 35.9 Å². The number of hydrogen-bond donors (Lipinski definition) is 3. The number of nitrogens with one attached hydrogen (secondary N) is 2. The first kappa shape index (κ1) is 21.0. The first-order valence-corrected chi connectivity index (χ1v) is 10.3. The Morgan fingerprint density at radius 3 is 2.10 bits per heavy atom. The van der Waals surface area contributed by atoms with E-state index in [1.54, 1.807) is 29.2 Å². The van der Waals surface area contributed by atoms with E-state index in [-0.39, 0.29) is 23.8 Å². The highest BCUT2D eigenvalue weighted by Crippen LogP contribution is 2.39. The maximum atomic E-state index is 12.4. The first-order valence-electron chi connectivity index (χ1n) is 9.96. The van der Waals surface area contributed by atoms with Crippen LogP contribution in [-0.2, 0) is 17.8 Å². The van der Waals surface area contributed by atoms with Gasteiger partial charge in [0.1, 0.15) is 0 Å². The third kappa shape index (κ3) is 4.91. The number of urea groups is 1. The number of rotatable bonds is 5. The quantitative estimate of drug-likeness (QED) is 0.662. The van der Waals surface area contributed by atoms with Gasteiger partial charge in [-0.15, -0.1) is 0 Å². The van der Waals surface area contributed by atoms with Gasteiger partial charge in [0.05, 0.1) is 6.42 Å². The number of benzene rings is 2. The molecule has 4 amide bonds. The predicted molar refractivity (Wildman–Crippen MR) is 116 cm³/mol. The third-order valence-corrected chi connectivity index (χ3v) is 5.91. The van der Waals surface area contributed by atoms with Crippen LogP contribution in [0.15, 0.2) is 48.5 Å². The SMILES string of the molecule is O=C(NCc1ccc(Cl)cc1)Nc1ccc(CC(=O)N2CC3(CN(C(=O)O)C3)C2)cc1. The Labute approximate surface area is 184 Å². The van der Waals surface area contributed by atoms with Gasteiger partial charge in [-0.25, -0.2) is 9.59 Å². The van der Waals surface area contributed by atoms with Crippen LogP contribution in [0, 0.1) is 5.41 Å². The summed E-state index contributed by atoms with van der Waals surface area (Å²) >= 11 is 5.85. The Kier molecular flexibility index (Phi) is 5.73. The lowest BCUT2D eigenvalue weighted by atomic mass is 9.73. The van der Waals surface area contributed by atoms with Crippen LogP contribution in [-0.4, -0.2) is 59.1 Å². The molecule has 0 unspecified atom stereocenters. The lowest BCUT2D eigenvalue weighted by Gasteiger charge is -2.59. The molecule has 2 aromatic carbocycles. The fourth-order valence-corrected chi connectivity index (χ4v) is 4.12. The molecule has 162 valence electrons. The van der Waals surface area contributed by atoms with Gasteiger partial charge < -0.3 is 25.5 Å². The Hall–Kier alpha value is -3.26. The van der Waals surface area contributed by atoms with Crippen LogP contribution in [0.25, 0.3) is 0 Å². The van der Waals surface area contributed by atoms with Crippen LogP contribution in [0.2, 0.25) is 5.02 Å². The smallest absolute Gasteiger partial charge is 0.407 e. The largest absolute Gasteiger partial charge is 0.465 e. The van der Waals surface area contributed by atoms with Crippen LogP contribution >= 0.6 is 11.6 Å². The van der Waals surface area contributed by atoms with Crippen LogP contribution in [0.5, 0.6) is 0 Å². The molecule has 2 heterocycles. The molecule has 8 nitrogen and oxygen atoms in total. The van der Waals surface area contributed by atoms with Gasteiger partial charge in [0.15, 0.2) is 0 Å². The predicted octanol–water partition coefficient (Wildman–Crippen LogP) is 3.03. The van der Waals surface area contributed by atoms with Crippen LogP contribution < -0.4 is 10.6 Å². The molecule has 0 atom stereocenters. The summed E-state index contributed by atoms with van der Waals surface area (Å²) in [5, 5.41) is 15.1. The number of carbonyl (C=O) groups excluding carboxylic acids is 2. The molecule has 0 bridgehead atoms. The van der Waals surface area contributed by atoms with E-state index >= 15 is 0 Å². The molecule has 0 aliphatic carbocycles. The number of halogens is 1. The first-order chi connectivity index (χ1) is 14.8. The molecule has 0 saturated carbocycles. The molecule has 2 aliphatic rings. The van der Waals surface area contributed by atoms with Crippen molar-refractivity contribution in [2.45, 2.75) is 13.0 Å². The van der Waals surface area contributed by atoms with Crippen molar-refractivity contribution in [3.63, 3.8) is 0 Å². The minimum absolute atomic E-state index is 0.0285. The molecule has 0 radical (unpaired) electrons. The molecule has 0 aromatic heterocycles. The number of nitrogens with zero attached hydrogens (tertiary/aromatic N) is 2. The summed E-state index contributed by atoms with van der Waals surface area (Å²) in [6, 6.07) is 14.1. The molecule has 2 fully saturated rings. The van der Waals surface area contributed by atoms with Gasteiger partial charge in [0.25, 0.3) is 0 Å². The second-order valence-corrected chi connectivity index (χ2v) is 8.63. The van der Waals surface area contributed by atoms with E-state index in [2.05, 4.69) is 10.6 Å². The van der Waals surface area contributed by atoms with Gasteiger partial charge in [-0.3, -0.25) is 4.79 Å². The average molecular weight is 443 g/mol. The van der Waals surface area contributed by atoms with Gasteiger partial charge in [0, 0.05) is 48.8 Å². The van der Waals surface area contributed by atoms with E-state index in [4.69, 9.17) is 16.7 Å². The normalized spacial score (nSPS) is 16.3. The number of likely N-dealkylation sites (tertiary alicyclic amines) is 2. The zero-order chi connectivity index (χ0) is 22.0. The number of amides is 4. The molecular formula is C22H23ClN4O4. The second kappa shape index (κ2) is 8.47. The van der Waals surface area contributed by atoms with E-state index in [9.17, 15) is 14.4 Å². The Morgan fingerprint density at radius 1 is 0.903 bits per heavy atom. The van der Waals surface area contributed by atoms with Crippen molar-refractivity contribution < 1.29 is 19.5 Å². The summed E-state index contributed by atoms with van der Waals surface area (Å²) in [5.74, 6) is 0.0285. The van der Waals surface area contributed by atoms with E-state index in [1.807, 2.05) is 24.3 Å². The summed E-state index contributed by atoms with van der Waals surface area (Å²) in [6.07, 6.45) is -0.621. The average Bonchev–Trinajstić information content (AvgIpc) is 2.67. The standard InChI is InChI=1S/C22H23ClN4O4/c23-17-5-1-16(2-6-17)10-24-20(29)25-18-7-3-15(4-8-18)9-19(28)26-11-22(12-26)13-27(14-22)21(30)31/h1-8H,9-14H2,(H,30,31)(H2,24,25,29). The van der Waals surface area contributed by atoms with Crippen molar-refractivity contribution >= 4 is 35.3 Å². The van der Waals surface area contributed by atoms with Crippen LogP contribution in [0.3, 0.4) is 0 Å². The highest BCUT2D eigenvalue weighted by molar-refractivity contribution is 6.30. The van der Waals surface area contributed by atoms with Crippen molar-refractivity contribution in [3.8, 4) is 0 Å².